The number of thiocarbonyl (C=S) groups is 1. The van der Waals surface area contributed by atoms with Gasteiger partial charge in [-0.3, -0.25) is 0 Å². The van der Waals surface area contributed by atoms with Gasteiger partial charge in [0.05, 0.1) is 0 Å². The molecule has 0 aromatic heterocycles. The Morgan fingerprint density at radius 3 is 2.57 bits per heavy atom. The molecule has 0 aromatic carbocycles. The van der Waals surface area contributed by atoms with Crippen LogP contribution in [-0.4, -0.2) is 18.4 Å². The predicted octanol–water partition coefficient (Wildman–Crippen LogP) is 1.13. The van der Waals surface area contributed by atoms with Gasteiger partial charge in [0.1, 0.15) is 0 Å². The number of halogens is 1. The minimum Gasteiger partial charge on any atom is -0.448 e. The molecule has 0 unspecified atom stereocenters. The van der Waals surface area contributed by atoms with Gasteiger partial charge >= 0.3 is 0 Å². The van der Waals surface area contributed by atoms with E-state index in [2.05, 4.69) is 21.7 Å². The maximum absolute atomic E-state index is 5.09. The van der Waals surface area contributed by atoms with Crippen LogP contribution in [-0.2, 0) is 9.47 Å². The van der Waals surface area contributed by atoms with E-state index in [4.69, 9.17) is 11.6 Å². The van der Waals surface area contributed by atoms with Gasteiger partial charge in [0.2, 0.25) is 0 Å². The van der Waals surface area contributed by atoms with Gasteiger partial charge in [-0.25, -0.2) is 0 Å². The summed E-state index contributed by atoms with van der Waals surface area (Å²) in [6.45, 7) is 0.127. The van der Waals surface area contributed by atoms with E-state index in [0.717, 1.165) is 0 Å². The fraction of sp³-hybridized carbons (Fsp3) is 0.667. The number of hydrogen-bond acceptors (Lipinski definition) is 3. The molecule has 0 bridgehead atoms. The second-order valence-corrected chi connectivity index (χ2v) is 1.73. The summed E-state index contributed by atoms with van der Waals surface area (Å²) in [6.07, 6.45) is 0. The maximum Gasteiger partial charge on any atom is 0.257 e. The van der Waals surface area contributed by atoms with E-state index in [1.807, 2.05) is 0 Å². The smallest absolute Gasteiger partial charge is 0.257 e. The normalized spacial score (nSPS) is 8.29. The maximum atomic E-state index is 5.09. The van der Waals surface area contributed by atoms with E-state index in [0.29, 0.717) is 0 Å². The Hall–Kier alpha value is 0.140. The Balaban J connectivity index is 2.82. The zero-order valence-electron chi connectivity index (χ0n) is 3.81. The van der Waals surface area contributed by atoms with E-state index in [9.17, 15) is 0 Å². The fourth-order valence-electron chi connectivity index (χ4n) is 0.105. The van der Waals surface area contributed by atoms with E-state index in [1.54, 1.807) is 0 Å². The third kappa shape index (κ3) is 6.14. The number of hydrogen-bond donors (Lipinski definition) is 0. The van der Waals surface area contributed by atoms with E-state index in [-0.39, 0.29) is 11.3 Å². The quantitative estimate of drug-likeness (QED) is 0.326. The highest BCUT2D eigenvalue weighted by molar-refractivity contribution is 7.82. The monoisotopic (exact) mass is 140 g/mol. The summed E-state index contributed by atoms with van der Waals surface area (Å²) in [5, 5.41) is 0. The molecule has 0 atom stereocenters. The van der Waals surface area contributed by atoms with Gasteiger partial charge in [-0.2, -0.15) is 0 Å². The molecule has 0 rings (SSSR count). The molecular formula is C3H5ClO2S. The zero-order chi connectivity index (χ0) is 5.70. The van der Waals surface area contributed by atoms with Crippen molar-refractivity contribution in [3.8, 4) is 0 Å². The lowest BCUT2D eigenvalue weighted by Crippen LogP contribution is -1.96. The minimum absolute atomic E-state index is 0.0122. The first-order valence-corrected chi connectivity index (χ1v) is 2.37. The largest absolute Gasteiger partial charge is 0.448 e. The van der Waals surface area contributed by atoms with Crippen LogP contribution < -0.4 is 0 Å². The molecule has 0 aliphatic carbocycles. The Kier molecular flexibility index (Phi) is 4.39. The van der Waals surface area contributed by atoms with Gasteiger partial charge in [0.15, 0.2) is 6.79 Å². The highest BCUT2D eigenvalue weighted by Gasteiger charge is 1.83. The van der Waals surface area contributed by atoms with Crippen LogP contribution in [0.4, 0.5) is 0 Å². The molecule has 0 aliphatic heterocycles. The van der Waals surface area contributed by atoms with Crippen molar-refractivity contribution in [1.82, 2.24) is 0 Å². The summed E-state index contributed by atoms with van der Waals surface area (Å²) >= 11 is 9.41. The van der Waals surface area contributed by atoms with Crippen LogP contribution in [0.25, 0.3) is 0 Å². The van der Waals surface area contributed by atoms with Crippen LogP contribution in [0.1, 0.15) is 0 Å². The first-order chi connectivity index (χ1) is 3.27. The summed E-state index contributed by atoms with van der Waals surface area (Å²) in [5.74, 6) is 0. The standard InChI is InChI=1S/C3H5ClO2S/c1-5-2-6-3(4)7/h2H2,1H3. The average Bonchev–Trinajstić information content (AvgIpc) is 1.61. The van der Waals surface area contributed by atoms with Crippen LogP contribution in [0.3, 0.4) is 0 Å². The molecule has 0 N–H and O–H groups in total. The van der Waals surface area contributed by atoms with Crippen molar-refractivity contribution < 1.29 is 9.47 Å². The second kappa shape index (κ2) is 4.30. The molecule has 0 fully saturated rings. The lowest BCUT2D eigenvalue weighted by Gasteiger charge is -1.95. The van der Waals surface area contributed by atoms with Gasteiger partial charge in [0, 0.05) is 7.11 Å². The molecule has 0 radical (unpaired) electrons. The van der Waals surface area contributed by atoms with E-state index >= 15 is 0 Å². The van der Waals surface area contributed by atoms with Crippen molar-refractivity contribution >= 4 is 28.3 Å². The van der Waals surface area contributed by atoms with Gasteiger partial charge in [0.25, 0.3) is 4.51 Å². The highest BCUT2D eigenvalue weighted by atomic mass is 35.5. The molecule has 0 spiro atoms. The van der Waals surface area contributed by atoms with Crippen molar-refractivity contribution in [1.29, 1.82) is 0 Å². The lowest BCUT2D eigenvalue weighted by molar-refractivity contribution is 0.0476. The Morgan fingerprint density at radius 2 is 2.43 bits per heavy atom. The van der Waals surface area contributed by atoms with Crippen LogP contribution in [0.5, 0.6) is 0 Å². The molecule has 0 amide bonds. The minimum atomic E-state index is -0.0122. The summed E-state index contributed by atoms with van der Waals surface area (Å²) in [5.41, 5.74) is 0. The van der Waals surface area contributed by atoms with Crippen LogP contribution in [0.2, 0.25) is 0 Å². The molecule has 0 aromatic rings. The van der Waals surface area contributed by atoms with Gasteiger partial charge < -0.3 is 9.47 Å². The number of methoxy groups -OCH3 is 1. The third-order valence-corrected chi connectivity index (χ3v) is 0.517. The van der Waals surface area contributed by atoms with Crippen molar-refractivity contribution in [2.45, 2.75) is 0 Å². The van der Waals surface area contributed by atoms with E-state index in [1.165, 1.54) is 7.11 Å². The van der Waals surface area contributed by atoms with Crippen LogP contribution >= 0.6 is 23.8 Å². The Bertz CT molecular complexity index is 66.0. The van der Waals surface area contributed by atoms with Crippen molar-refractivity contribution in [2.75, 3.05) is 13.9 Å². The highest BCUT2D eigenvalue weighted by Crippen LogP contribution is 1.85. The lowest BCUT2D eigenvalue weighted by atomic mass is 11.4. The fourth-order valence-corrected chi connectivity index (χ4v) is 0.198. The molecule has 0 heterocycles. The van der Waals surface area contributed by atoms with Gasteiger partial charge in [-0.1, -0.05) is 0 Å². The Labute approximate surface area is 52.4 Å². The van der Waals surface area contributed by atoms with Gasteiger partial charge in [-0.05, 0) is 23.8 Å². The van der Waals surface area contributed by atoms with Gasteiger partial charge in [-0.15, -0.1) is 0 Å². The average molecular weight is 141 g/mol. The number of rotatable bonds is 2. The molecule has 7 heavy (non-hydrogen) atoms. The summed E-state index contributed by atoms with van der Waals surface area (Å²) in [4.78, 5) is 0. The SMILES string of the molecule is COCOC(=S)Cl. The second-order valence-electron chi connectivity index (χ2n) is 0.789. The van der Waals surface area contributed by atoms with Crippen molar-refractivity contribution in [3.63, 3.8) is 0 Å². The van der Waals surface area contributed by atoms with Crippen LogP contribution in [0.15, 0.2) is 0 Å². The first-order valence-electron chi connectivity index (χ1n) is 1.58. The molecular weight excluding hydrogens is 136 g/mol. The predicted molar refractivity (Wildman–Crippen MR) is 31.4 cm³/mol. The van der Waals surface area contributed by atoms with Crippen molar-refractivity contribution in [3.05, 3.63) is 0 Å². The van der Waals surface area contributed by atoms with E-state index < -0.39 is 0 Å². The molecule has 2 nitrogen and oxygen atoms in total. The third-order valence-electron chi connectivity index (χ3n) is 0.290. The number of ether oxygens (including phenoxy) is 2. The molecule has 0 aliphatic rings. The molecule has 0 saturated heterocycles. The van der Waals surface area contributed by atoms with Crippen molar-refractivity contribution in [2.24, 2.45) is 0 Å². The molecule has 4 heteroatoms. The zero-order valence-corrected chi connectivity index (χ0v) is 5.38. The topological polar surface area (TPSA) is 18.5 Å². The molecule has 42 valence electrons. The summed E-state index contributed by atoms with van der Waals surface area (Å²) in [6, 6.07) is 0. The first kappa shape index (κ1) is 7.14. The molecule has 0 saturated carbocycles. The summed E-state index contributed by atoms with van der Waals surface area (Å²) in [7, 11) is 1.50. The summed E-state index contributed by atoms with van der Waals surface area (Å²) < 4.78 is 8.91. The Morgan fingerprint density at radius 1 is 1.86 bits per heavy atom. The van der Waals surface area contributed by atoms with Crippen LogP contribution in [0, 0.1) is 0 Å².